The predicted octanol–water partition coefficient (Wildman–Crippen LogP) is 2.05. The minimum atomic E-state index is 0.496. The highest BCUT2D eigenvalue weighted by Gasteiger charge is 2.07. The number of rotatable bonds is 6. The summed E-state index contributed by atoms with van der Waals surface area (Å²) in [7, 11) is 3.46. The van der Waals surface area contributed by atoms with Crippen LogP contribution >= 0.6 is 0 Å². The third-order valence-corrected chi connectivity index (χ3v) is 2.68. The summed E-state index contributed by atoms with van der Waals surface area (Å²) in [6, 6.07) is 5.59. The number of aromatic amines is 1. The Labute approximate surface area is 105 Å². The predicted molar refractivity (Wildman–Crippen MR) is 70.6 cm³/mol. The minimum absolute atomic E-state index is 0.496. The molecule has 2 aromatic rings. The van der Waals surface area contributed by atoms with Crippen molar-refractivity contribution in [3.63, 3.8) is 0 Å². The van der Waals surface area contributed by atoms with E-state index in [1.807, 2.05) is 19.2 Å². The maximum atomic E-state index is 10.8. The van der Waals surface area contributed by atoms with Crippen LogP contribution in [0.2, 0.25) is 0 Å². The van der Waals surface area contributed by atoms with Gasteiger partial charge < -0.3 is 19.8 Å². The Balaban J connectivity index is 2.35. The number of aromatic nitrogens is 1. The fourth-order valence-corrected chi connectivity index (χ4v) is 1.83. The van der Waals surface area contributed by atoms with Gasteiger partial charge in [0.1, 0.15) is 12.4 Å². The van der Waals surface area contributed by atoms with Crippen LogP contribution in [0.5, 0.6) is 5.75 Å². The molecule has 0 unspecified atom stereocenters. The molecule has 0 aliphatic carbocycles. The highest BCUT2D eigenvalue weighted by atomic mass is 16.5. The van der Waals surface area contributed by atoms with Gasteiger partial charge in [0.05, 0.1) is 23.5 Å². The molecule has 0 spiro atoms. The Bertz CT molecular complexity index is 548. The summed E-state index contributed by atoms with van der Waals surface area (Å²) in [5.41, 5.74) is 2.35. The SMILES string of the molecule is CNc1cc(OCCOC)cc2cc(C=O)[nH]c12. The lowest BCUT2D eigenvalue weighted by Gasteiger charge is -2.09. The van der Waals surface area contributed by atoms with Crippen LogP contribution in [-0.2, 0) is 4.74 Å². The van der Waals surface area contributed by atoms with Crippen molar-refractivity contribution < 1.29 is 14.3 Å². The number of carbonyl (C=O) groups excluding carboxylic acids is 1. The standard InChI is InChI=1S/C13H16N2O3/c1-14-12-7-11(18-4-3-17-2)6-9-5-10(8-16)15-13(9)12/h5-8,14-15H,3-4H2,1-2H3. The molecule has 1 heterocycles. The molecule has 0 atom stereocenters. The van der Waals surface area contributed by atoms with E-state index in [9.17, 15) is 4.79 Å². The number of H-pyrrole nitrogens is 1. The molecule has 5 nitrogen and oxygen atoms in total. The number of hydrogen-bond donors (Lipinski definition) is 2. The van der Waals surface area contributed by atoms with Crippen LogP contribution in [0.4, 0.5) is 5.69 Å². The summed E-state index contributed by atoms with van der Waals surface area (Å²) >= 11 is 0. The summed E-state index contributed by atoms with van der Waals surface area (Å²) in [6.07, 6.45) is 0.797. The lowest BCUT2D eigenvalue weighted by atomic mass is 10.2. The van der Waals surface area contributed by atoms with Gasteiger partial charge in [0.25, 0.3) is 0 Å². The average Bonchev–Trinajstić information content (AvgIpc) is 2.81. The zero-order valence-electron chi connectivity index (χ0n) is 10.4. The van der Waals surface area contributed by atoms with Gasteiger partial charge in [-0.05, 0) is 12.1 Å². The van der Waals surface area contributed by atoms with Crippen molar-refractivity contribution in [1.29, 1.82) is 0 Å². The second-order valence-corrected chi connectivity index (χ2v) is 3.87. The summed E-state index contributed by atoms with van der Waals surface area (Å²) in [6.45, 7) is 1.04. The summed E-state index contributed by atoms with van der Waals surface area (Å²) in [5.74, 6) is 0.750. The van der Waals surface area contributed by atoms with Crippen LogP contribution in [0, 0.1) is 0 Å². The van der Waals surface area contributed by atoms with Gasteiger partial charge in [-0.1, -0.05) is 0 Å². The van der Waals surface area contributed by atoms with E-state index in [2.05, 4.69) is 10.3 Å². The van der Waals surface area contributed by atoms with Crippen LogP contribution in [0.1, 0.15) is 10.5 Å². The number of carbonyl (C=O) groups is 1. The number of fused-ring (bicyclic) bond motifs is 1. The zero-order chi connectivity index (χ0) is 13.0. The van der Waals surface area contributed by atoms with E-state index in [0.717, 1.165) is 28.6 Å². The second kappa shape index (κ2) is 5.55. The largest absolute Gasteiger partial charge is 0.491 e. The molecule has 0 radical (unpaired) electrons. The van der Waals surface area contributed by atoms with Crippen molar-refractivity contribution in [2.24, 2.45) is 0 Å². The first-order valence-electron chi connectivity index (χ1n) is 5.70. The van der Waals surface area contributed by atoms with Gasteiger partial charge in [-0.2, -0.15) is 0 Å². The second-order valence-electron chi connectivity index (χ2n) is 3.87. The van der Waals surface area contributed by atoms with Gasteiger partial charge in [-0.25, -0.2) is 0 Å². The first-order chi connectivity index (χ1) is 8.78. The minimum Gasteiger partial charge on any atom is -0.491 e. The number of anilines is 1. The molecule has 0 aliphatic heterocycles. The average molecular weight is 248 g/mol. The first-order valence-corrected chi connectivity index (χ1v) is 5.70. The Kier molecular flexibility index (Phi) is 3.84. The summed E-state index contributed by atoms with van der Waals surface area (Å²) in [4.78, 5) is 13.8. The van der Waals surface area contributed by atoms with Crippen LogP contribution in [-0.4, -0.2) is 38.6 Å². The van der Waals surface area contributed by atoms with E-state index < -0.39 is 0 Å². The number of benzene rings is 1. The molecule has 0 bridgehead atoms. The maximum absolute atomic E-state index is 10.8. The normalized spacial score (nSPS) is 10.6. The molecular weight excluding hydrogens is 232 g/mol. The molecule has 1 aromatic heterocycles. The third-order valence-electron chi connectivity index (χ3n) is 2.68. The van der Waals surface area contributed by atoms with Gasteiger partial charge in [0.15, 0.2) is 6.29 Å². The van der Waals surface area contributed by atoms with Gasteiger partial charge in [0.2, 0.25) is 0 Å². The van der Waals surface area contributed by atoms with Crippen molar-refractivity contribution in [1.82, 2.24) is 4.98 Å². The maximum Gasteiger partial charge on any atom is 0.166 e. The van der Waals surface area contributed by atoms with Crippen molar-refractivity contribution in [2.75, 3.05) is 32.7 Å². The Morgan fingerprint density at radius 3 is 2.83 bits per heavy atom. The van der Waals surface area contributed by atoms with Crippen LogP contribution < -0.4 is 10.1 Å². The topological polar surface area (TPSA) is 63.4 Å². The molecule has 2 rings (SSSR count). The summed E-state index contributed by atoms with van der Waals surface area (Å²) in [5, 5.41) is 4.02. The first kappa shape index (κ1) is 12.4. The lowest BCUT2D eigenvalue weighted by Crippen LogP contribution is -2.04. The van der Waals surface area contributed by atoms with Gasteiger partial charge >= 0.3 is 0 Å². The van der Waals surface area contributed by atoms with E-state index in [-0.39, 0.29) is 0 Å². The monoisotopic (exact) mass is 248 g/mol. The molecular formula is C13H16N2O3. The van der Waals surface area contributed by atoms with E-state index in [0.29, 0.717) is 18.9 Å². The molecule has 0 saturated carbocycles. The molecule has 2 N–H and O–H groups in total. The molecule has 96 valence electrons. The van der Waals surface area contributed by atoms with Crippen molar-refractivity contribution in [2.45, 2.75) is 0 Å². The number of methoxy groups -OCH3 is 1. The molecule has 5 heteroatoms. The quantitative estimate of drug-likeness (QED) is 0.606. The Morgan fingerprint density at radius 1 is 1.33 bits per heavy atom. The van der Waals surface area contributed by atoms with Crippen LogP contribution in [0.15, 0.2) is 18.2 Å². The van der Waals surface area contributed by atoms with Gasteiger partial charge in [-0.15, -0.1) is 0 Å². The number of nitrogens with one attached hydrogen (secondary N) is 2. The molecule has 0 saturated heterocycles. The highest BCUT2D eigenvalue weighted by Crippen LogP contribution is 2.29. The molecule has 1 aromatic carbocycles. The molecule has 0 aliphatic rings. The number of hydrogen-bond acceptors (Lipinski definition) is 4. The van der Waals surface area contributed by atoms with Gasteiger partial charge in [0, 0.05) is 25.6 Å². The highest BCUT2D eigenvalue weighted by molar-refractivity contribution is 5.96. The molecule has 0 amide bonds. The third kappa shape index (κ3) is 2.46. The van der Waals surface area contributed by atoms with Crippen molar-refractivity contribution >= 4 is 22.9 Å². The van der Waals surface area contributed by atoms with Crippen LogP contribution in [0.25, 0.3) is 10.9 Å². The van der Waals surface area contributed by atoms with Crippen molar-refractivity contribution in [3.8, 4) is 5.75 Å². The molecule has 0 fully saturated rings. The van der Waals surface area contributed by atoms with E-state index >= 15 is 0 Å². The van der Waals surface area contributed by atoms with E-state index in [1.54, 1.807) is 13.2 Å². The number of aldehydes is 1. The van der Waals surface area contributed by atoms with Crippen LogP contribution in [0.3, 0.4) is 0 Å². The van der Waals surface area contributed by atoms with E-state index in [4.69, 9.17) is 9.47 Å². The number of ether oxygens (including phenoxy) is 2. The lowest BCUT2D eigenvalue weighted by molar-refractivity contribution is 0.112. The fourth-order valence-electron chi connectivity index (χ4n) is 1.83. The fraction of sp³-hybridized carbons (Fsp3) is 0.308. The summed E-state index contributed by atoms with van der Waals surface area (Å²) < 4.78 is 10.5. The Morgan fingerprint density at radius 2 is 2.17 bits per heavy atom. The smallest absolute Gasteiger partial charge is 0.166 e. The zero-order valence-corrected chi connectivity index (χ0v) is 10.4. The Hall–Kier alpha value is -2.01. The van der Waals surface area contributed by atoms with Crippen molar-refractivity contribution in [3.05, 3.63) is 23.9 Å². The van der Waals surface area contributed by atoms with E-state index in [1.165, 1.54) is 0 Å². The van der Waals surface area contributed by atoms with Gasteiger partial charge in [-0.3, -0.25) is 4.79 Å². The molecule has 18 heavy (non-hydrogen) atoms.